The highest BCUT2D eigenvalue weighted by atomic mass is 32.2. The van der Waals surface area contributed by atoms with Crippen LogP contribution in [0.5, 0.6) is 0 Å². The minimum Gasteiger partial charge on any atom is -0.324 e. The van der Waals surface area contributed by atoms with Crippen molar-refractivity contribution in [3.63, 3.8) is 0 Å². The van der Waals surface area contributed by atoms with E-state index in [4.69, 9.17) is 0 Å². The second-order valence-electron chi connectivity index (χ2n) is 6.15. The van der Waals surface area contributed by atoms with Gasteiger partial charge in [-0.1, -0.05) is 55.5 Å². The Bertz CT molecular complexity index is 1000. The van der Waals surface area contributed by atoms with Crippen molar-refractivity contribution < 1.29 is 13.2 Å². The molecular weight excluding hydrogens is 380 g/mol. The lowest BCUT2D eigenvalue weighted by Crippen LogP contribution is -2.17. The number of benzene rings is 2. The number of anilines is 2. The van der Waals surface area contributed by atoms with E-state index in [1.807, 2.05) is 37.3 Å². The summed E-state index contributed by atoms with van der Waals surface area (Å²) in [5.74, 6) is -0.115. The van der Waals surface area contributed by atoms with Gasteiger partial charge in [0.25, 0.3) is 10.0 Å². The molecule has 0 unspecified atom stereocenters. The van der Waals surface area contributed by atoms with Crippen LogP contribution < -0.4 is 10.0 Å². The Hall–Kier alpha value is -2.64. The molecule has 1 aromatic heterocycles. The molecule has 3 rings (SSSR count). The Morgan fingerprint density at radius 2 is 1.63 bits per heavy atom. The maximum Gasteiger partial charge on any atom is 0.271 e. The van der Waals surface area contributed by atoms with Crippen molar-refractivity contribution in [2.24, 2.45) is 0 Å². The summed E-state index contributed by atoms with van der Waals surface area (Å²) in [6, 6.07) is 19.8. The first-order valence-electron chi connectivity index (χ1n) is 8.46. The van der Waals surface area contributed by atoms with Crippen molar-refractivity contribution in [3.05, 3.63) is 77.7 Å². The molecule has 2 N–H and O–H groups in total. The molecule has 0 aliphatic rings. The molecule has 0 saturated heterocycles. The first-order valence-corrected chi connectivity index (χ1v) is 10.8. The number of carbonyl (C=O) groups excluding carboxylic acids is 1. The van der Waals surface area contributed by atoms with Crippen molar-refractivity contribution in [1.29, 1.82) is 0 Å². The average Bonchev–Trinajstić information content (AvgIpc) is 3.19. The largest absolute Gasteiger partial charge is 0.324 e. The lowest BCUT2D eigenvalue weighted by atomic mass is 9.97. The van der Waals surface area contributed by atoms with E-state index in [1.165, 1.54) is 6.07 Å². The van der Waals surface area contributed by atoms with Gasteiger partial charge in [-0.2, -0.15) is 0 Å². The van der Waals surface area contributed by atoms with E-state index in [9.17, 15) is 13.2 Å². The van der Waals surface area contributed by atoms with Crippen molar-refractivity contribution in [2.45, 2.75) is 23.5 Å². The van der Waals surface area contributed by atoms with E-state index in [0.29, 0.717) is 17.8 Å². The third-order valence-corrected chi connectivity index (χ3v) is 6.83. The van der Waals surface area contributed by atoms with E-state index in [-0.39, 0.29) is 16.0 Å². The van der Waals surface area contributed by atoms with Gasteiger partial charge < -0.3 is 5.32 Å². The summed E-state index contributed by atoms with van der Waals surface area (Å²) in [7, 11) is -3.68. The number of thiophene rings is 1. The first kappa shape index (κ1) is 19.1. The van der Waals surface area contributed by atoms with Gasteiger partial charge >= 0.3 is 0 Å². The minimum atomic E-state index is -3.68. The SMILES string of the molecule is C[C@H](CC(=O)Nc1ccccc1NS(=O)(=O)c1cccs1)c1ccccc1. The fraction of sp³-hybridized carbons (Fsp3) is 0.150. The number of hydrogen-bond donors (Lipinski definition) is 2. The molecule has 7 heteroatoms. The zero-order valence-corrected chi connectivity index (χ0v) is 16.4. The third kappa shape index (κ3) is 4.96. The molecule has 0 fully saturated rings. The van der Waals surface area contributed by atoms with Crippen LogP contribution in [0.3, 0.4) is 0 Å². The molecule has 1 amide bonds. The summed E-state index contributed by atoms with van der Waals surface area (Å²) >= 11 is 1.14. The summed E-state index contributed by atoms with van der Waals surface area (Å²) < 4.78 is 27.7. The van der Waals surface area contributed by atoms with Crippen LogP contribution in [-0.4, -0.2) is 14.3 Å². The second-order valence-corrected chi connectivity index (χ2v) is 9.00. The van der Waals surface area contributed by atoms with Crippen molar-refractivity contribution in [2.75, 3.05) is 10.0 Å². The van der Waals surface area contributed by atoms with E-state index < -0.39 is 10.0 Å². The number of carbonyl (C=O) groups is 1. The molecule has 1 atom stereocenters. The van der Waals surface area contributed by atoms with Gasteiger partial charge in [0.2, 0.25) is 5.91 Å². The van der Waals surface area contributed by atoms with Gasteiger partial charge in [0.05, 0.1) is 11.4 Å². The summed E-state index contributed by atoms with van der Waals surface area (Å²) in [6.07, 6.45) is 0.302. The van der Waals surface area contributed by atoms with Crippen LogP contribution >= 0.6 is 11.3 Å². The topological polar surface area (TPSA) is 75.3 Å². The van der Waals surface area contributed by atoms with E-state index in [1.54, 1.807) is 35.7 Å². The molecule has 3 aromatic rings. The Kier molecular flexibility index (Phi) is 5.93. The van der Waals surface area contributed by atoms with Crippen molar-refractivity contribution >= 4 is 38.6 Å². The van der Waals surface area contributed by atoms with Crippen molar-refractivity contribution in [3.8, 4) is 0 Å². The zero-order chi connectivity index (χ0) is 19.3. The highest BCUT2D eigenvalue weighted by Crippen LogP contribution is 2.27. The molecule has 1 heterocycles. The smallest absolute Gasteiger partial charge is 0.271 e. The normalized spacial score (nSPS) is 12.3. The van der Waals surface area contributed by atoms with Gasteiger partial charge in [-0.25, -0.2) is 8.42 Å². The van der Waals surface area contributed by atoms with Gasteiger partial charge in [-0.15, -0.1) is 11.3 Å². The maximum absolute atomic E-state index is 12.5. The number of amides is 1. The highest BCUT2D eigenvalue weighted by Gasteiger charge is 2.18. The summed E-state index contributed by atoms with van der Waals surface area (Å²) in [5, 5.41) is 4.52. The zero-order valence-electron chi connectivity index (χ0n) is 14.8. The lowest BCUT2D eigenvalue weighted by molar-refractivity contribution is -0.116. The quantitative estimate of drug-likeness (QED) is 0.605. The van der Waals surface area contributed by atoms with Gasteiger partial charge in [0.1, 0.15) is 4.21 Å². The van der Waals surface area contributed by atoms with E-state index in [2.05, 4.69) is 10.0 Å². The van der Waals surface area contributed by atoms with Gasteiger partial charge in [0.15, 0.2) is 0 Å². The number of sulfonamides is 1. The Morgan fingerprint density at radius 3 is 2.30 bits per heavy atom. The van der Waals surface area contributed by atoms with Crippen LogP contribution in [0, 0.1) is 0 Å². The number of para-hydroxylation sites is 2. The molecule has 5 nitrogen and oxygen atoms in total. The van der Waals surface area contributed by atoms with Crippen molar-refractivity contribution in [1.82, 2.24) is 0 Å². The fourth-order valence-electron chi connectivity index (χ4n) is 2.67. The minimum absolute atomic E-state index is 0.0566. The summed E-state index contributed by atoms with van der Waals surface area (Å²) in [4.78, 5) is 12.5. The number of rotatable bonds is 7. The molecule has 2 aromatic carbocycles. The number of hydrogen-bond acceptors (Lipinski definition) is 4. The fourth-order valence-corrected chi connectivity index (χ4v) is 4.74. The Labute approximate surface area is 163 Å². The predicted molar refractivity (Wildman–Crippen MR) is 110 cm³/mol. The predicted octanol–water partition coefficient (Wildman–Crippen LogP) is 4.68. The molecule has 0 spiro atoms. The molecular formula is C20H20N2O3S2. The Balaban J connectivity index is 1.71. The van der Waals surface area contributed by atoms with Gasteiger partial charge in [-0.05, 0) is 35.1 Å². The van der Waals surface area contributed by atoms with Crippen LogP contribution in [0.15, 0.2) is 76.3 Å². The van der Waals surface area contributed by atoms with Gasteiger partial charge in [0, 0.05) is 6.42 Å². The van der Waals surface area contributed by atoms with Crippen LogP contribution in [0.4, 0.5) is 11.4 Å². The van der Waals surface area contributed by atoms with E-state index >= 15 is 0 Å². The van der Waals surface area contributed by atoms with Gasteiger partial charge in [-0.3, -0.25) is 9.52 Å². The molecule has 0 aliphatic heterocycles. The van der Waals surface area contributed by atoms with Crippen LogP contribution in [0.1, 0.15) is 24.8 Å². The second kappa shape index (κ2) is 8.37. The molecule has 0 bridgehead atoms. The monoisotopic (exact) mass is 400 g/mol. The molecule has 0 saturated carbocycles. The van der Waals surface area contributed by atoms with E-state index in [0.717, 1.165) is 16.9 Å². The summed E-state index contributed by atoms with van der Waals surface area (Å²) in [5.41, 5.74) is 1.86. The summed E-state index contributed by atoms with van der Waals surface area (Å²) in [6.45, 7) is 1.99. The molecule has 140 valence electrons. The lowest BCUT2D eigenvalue weighted by Gasteiger charge is -2.15. The van der Waals surface area contributed by atoms with Crippen LogP contribution in [-0.2, 0) is 14.8 Å². The highest BCUT2D eigenvalue weighted by molar-refractivity contribution is 7.94. The van der Waals surface area contributed by atoms with Crippen LogP contribution in [0.25, 0.3) is 0 Å². The third-order valence-electron chi connectivity index (χ3n) is 4.07. The molecule has 0 aliphatic carbocycles. The molecule has 0 radical (unpaired) electrons. The van der Waals surface area contributed by atoms with Crippen LogP contribution in [0.2, 0.25) is 0 Å². The average molecular weight is 401 g/mol. The maximum atomic E-state index is 12.5. The molecule has 27 heavy (non-hydrogen) atoms. The standard InChI is InChI=1S/C20H20N2O3S2/c1-15(16-8-3-2-4-9-16)14-19(23)21-17-10-5-6-11-18(17)22-27(24,25)20-12-7-13-26-20/h2-13,15,22H,14H2,1H3,(H,21,23)/t15-/m1/s1. The first-order chi connectivity index (χ1) is 13.0. The Morgan fingerprint density at radius 1 is 0.963 bits per heavy atom. The number of nitrogens with one attached hydrogen (secondary N) is 2.